The van der Waals surface area contributed by atoms with E-state index in [0.29, 0.717) is 5.46 Å². The summed E-state index contributed by atoms with van der Waals surface area (Å²) in [6.07, 6.45) is 0. The molecule has 0 bridgehead atoms. The van der Waals surface area contributed by atoms with Crippen LogP contribution in [0.4, 0.5) is 34.1 Å². The fourth-order valence-corrected chi connectivity index (χ4v) is 14.3. The molecule has 0 atom stereocenters. The second kappa shape index (κ2) is 30.2. The van der Waals surface area contributed by atoms with Crippen LogP contribution in [-0.2, 0) is 0 Å². The third kappa shape index (κ3) is 13.9. The van der Waals surface area contributed by atoms with Gasteiger partial charge in [0, 0.05) is 71.5 Å². The zero-order valence-corrected chi connectivity index (χ0v) is 58.5. The Kier molecular flexibility index (Phi) is 19.1. The molecule has 0 aliphatic rings. The summed E-state index contributed by atoms with van der Waals surface area (Å²) in [6.45, 7) is 0. The Morgan fingerprint density at radius 3 is 0.817 bits per heavy atom. The zero-order valence-electron chi connectivity index (χ0n) is 56.9. The minimum atomic E-state index is -1.48. The monoisotopic (exact) mass is 1400 g/mol. The van der Waals surface area contributed by atoms with Crippen LogP contribution in [0.3, 0.4) is 0 Å². The summed E-state index contributed by atoms with van der Waals surface area (Å²) < 4.78 is 5.67. The largest absolute Gasteiger partial charge is 0.488 e. The van der Waals surface area contributed by atoms with E-state index < -0.39 is 7.12 Å². The standard InChI is InChI=1S/C48H34N2.C24H18BNO2.C24H18BrN/c1-4-12-35(13-5-1)37-20-27-42(28-21-37)49(41-16-8-3-9-17-41)43-29-24-39(25-30-43)40-26-33-48-46(34-40)45-18-10-11-19-47(45)50(48)44-31-22-38(23-32-44)36-14-6-2-7-15-36;27-25(28)19-12-15-24-22(16-19)21-8-4-5-9-23(21)26(24)20-13-10-18(11-14-20)17-6-2-1-3-7-17;25-21-13-17-24(18-14-21)26(22-9-5-2-6-10-22)23-15-11-20(12-16-23)19-7-3-1-4-8-19/h1-34H;1-16,27-28H;1-18H. The second-order valence-corrected chi connectivity index (χ2v) is 26.5. The van der Waals surface area contributed by atoms with E-state index in [2.05, 4.69) is 387 Å². The van der Waals surface area contributed by atoms with E-state index >= 15 is 0 Å². The molecule has 6 nitrogen and oxygen atoms in total. The number of nitrogens with zero attached hydrogens (tertiary/aromatic N) is 4. The van der Waals surface area contributed by atoms with Crippen LogP contribution in [0, 0.1) is 0 Å². The Balaban J connectivity index is 0.000000131. The normalized spacial score (nSPS) is 11.0. The van der Waals surface area contributed by atoms with Crippen LogP contribution < -0.4 is 15.3 Å². The molecule has 2 heterocycles. The Morgan fingerprint density at radius 1 is 0.212 bits per heavy atom. The quantitative estimate of drug-likeness (QED) is 0.107. The Morgan fingerprint density at radius 2 is 0.462 bits per heavy atom. The fraction of sp³-hybridized carbons (Fsp3) is 0. The van der Waals surface area contributed by atoms with Gasteiger partial charge in [-0.25, -0.2) is 0 Å². The number of anilines is 6. The lowest BCUT2D eigenvalue weighted by Gasteiger charge is -2.26. The highest BCUT2D eigenvalue weighted by Crippen LogP contribution is 2.41. The van der Waals surface area contributed by atoms with Crippen LogP contribution in [0.1, 0.15) is 0 Å². The summed E-state index contributed by atoms with van der Waals surface area (Å²) in [4.78, 5) is 4.58. The maximum atomic E-state index is 9.57. The molecule has 0 aliphatic carbocycles. The van der Waals surface area contributed by atoms with Crippen molar-refractivity contribution in [1.82, 2.24) is 9.13 Å². The molecular weight excluding hydrogens is 1330 g/mol. The summed E-state index contributed by atoms with van der Waals surface area (Å²) in [6, 6.07) is 145. The molecule has 104 heavy (non-hydrogen) atoms. The van der Waals surface area contributed by atoms with Gasteiger partial charge in [0.2, 0.25) is 0 Å². The van der Waals surface area contributed by atoms with Gasteiger partial charge < -0.3 is 29.0 Å². The van der Waals surface area contributed by atoms with E-state index in [1.54, 1.807) is 6.07 Å². The first-order chi connectivity index (χ1) is 51.3. The average Bonchev–Trinajstić information content (AvgIpc) is 1.59. The van der Waals surface area contributed by atoms with Crippen LogP contribution in [0.2, 0.25) is 0 Å². The van der Waals surface area contributed by atoms with Gasteiger partial charge in [0.1, 0.15) is 0 Å². The SMILES string of the molecule is Brc1ccc(N(c2ccccc2)c2ccc(-c3ccccc3)cc2)cc1.OB(O)c1ccc2c(c1)c1ccccc1n2-c1ccc(-c2ccccc2)cc1.c1ccc(-c2ccc(N(c3ccccc3)c3ccc(-c4ccc5c(c4)c4ccccc4n5-c4ccc(-c5ccccc5)cc4)cc3)cc2)cc1. The number of halogens is 1. The fourth-order valence-electron chi connectivity index (χ4n) is 14.0. The van der Waals surface area contributed by atoms with Crippen molar-refractivity contribution in [3.05, 3.63) is 417 Å². The third-order valence-electron chi connectivity index (χ3n) is 19.2. The Labute approximate surface area is 615 Å². The predicted molar refractivity (Wildman–Crippen MR) is 442 cm³/mol. The number of hydrogen-bond acceptors (Lipinski definition) is 4. The highest BCUT2D eigenvalue weighted by Gasteiger charge is 2.20. The van der Waals surface area contributed by atoms with Crippen LogP contribution in [0.15, 0.2) is 417 Å². The lowest BCUT2D eigenvalue weighted by atomic mass is 9.80. The van der Waals surface area contributed by atoms with E-state index in [9.17, 15) is 10.0 Å². The van der Waals surface area contributed by atoms with Crippen molar-refractivity contribution in [3.63, 3.8) is 0 Å². The van der Waals surface area contributed by atoms with Crippen molar-refractivity contribution in [2.24, 2.45) is 0 Å². The molecule has 0 saturated heterocycles. The molecule has 0 amide bonds. The Hall–Kier alpha value is -12.8. The molecule has 496 valence electrons. The lowest BCUT2D eigenvalue weighted by Crippen LogP contribution is -2.29. The van der Waals surface area contributed by atoms with Crippen LogP contribution in [0.25, 0.3) is 111 Å². The molecule has 0 spiro atoms. The van der Waals surface area contributed by atoms with Gasteiger partial charge in [-0.3, -0.25) is 0 Å². The van der Waals surface area contributed by atoms with Gasteiger partial charge >= 0.3 is 7.12 Å². The first-order valence-electron chi connectivity index (χ1n) is 35.0. The maximum absolute atomic E-state index is 9.57. The van der Waals surface area contributed by atoms with E-state index in [0.717, 1.165) is 71.8 Å². The summed E-state index contributed by atoms with van der Waals surface area (Å²) >= 11 is 3.52. The molecular formula is C96H70BBrN4O2. The number of hydrogen-bond donors (Lipinski definition) is 2. The molecule has 16 aromatic carbocycles. The van der Waals surface area contributed by atoms with Crippen molar-refractivity contribution >= 4 is 106 Å². The van der Waals surface area contributed by atoms with Crippen molar-refractivity contribution in [2.45, 2.75) is 0 Å². The summed E-state index contributed by atoms with van der Waals surface area (Å²) in [7, 11) is -1.48. The van der Waals surface area contributed by atoms with Gasteiger partial charge in [-0.15, -0.1) is 0 Å². The summed E-state index contributed by atoms with van der Waals surface area (Å²) in [5, 5.41) is 23.7. The minimum absolute atomic E-state index is 0.495. The van der Waals surface area contributed by atoms with Gasteiger partial charge in [-0.05, 0) is 201 Å². The highest BCUT2D eigenvalue weighted by atomic mass is 79.9. The van der Waals surface area contributed by atoms with Gasteiger partial charge in [-0.2, -0.15) is 0 Å². The smallest absolute Gasteiger partial charge is 0.423 e. The zero-order chi connectivity index (χ0) is 70.1. The number of para-hydroxylation sites is 4. The van der Waals surface area contributed by atoms with E-state index in [1.165, 1.54) is 77.4 Å². The number of fused-ring (bicyclic) bond motifs is 6. The predicted octanol–water partition coefficient (Wildman–Crippen LogP) is 25.0. The van der Waals surface area contributed by atoms with Crippen molar-refractivity contribution in [3.8, 4) is 67.0 Å². The molecule has 0 fully saturated rings. The molecule has 18 aromatic rings. The van der Waals surface area contributed by atoms with Gasteiger partial charge in [-0.1, -0.05) is 289 Å². The van der Waals surface area contributed by atoms with E-state index in [4.69, 9.17) is 0 Å². The maximum Gasteiger partial charge on any atom is 0.488 e. The van der Waals surface area contributed by atoms with Crippen LogP contribution in [-0.4, -0.2) is 26.3 Å². The van der Waals surface area contributed by atoms with Crippen LogP contribution >= 0.6 is 15.9 Å². The van der Waals surface area contributed by atoms with Crippen molar-refractivity contribution < 1.29 is 10.0 Å². The van der Waals surface area contributed by atoms with E-state index in [-0.39, 0.29) is 0 Å². The second-order valence-electron chi connectivity index (χ2n) is 25.6. The summed E-state index contributed by atoms with van der Waals surface area (Å²) in [5.74, 6) is 0. The van der Waals surface area contributed by atoms with Gasteiger partial charge in [0.15, 0.2) is 0 Å². The molecule has 8 heteroatoms. The molecule has 0 saturated carbocycles. The average molecular weight is 1400 g/mol. The summed E-state index contributed by atoms with van der Waals surface area (Å²) in [5.41, 5.74) is 26.1. The molecule has 2 aromatic heterocycles. The number of aromatic nitrogens is 2. The number of benzene rings is 16. The van der Waals surface area contributed by atoms with Crippen molar-refractivity contribution in [1.29, 1.82) is 0 Å². The Bertz CT molecular complexity index is 5890. The van der Waals surface area contributed by atoms with E-state index in [1.807, 2.05) is 54.6 Å². The topological polar surface area (TPSA) is 56.8 Å². The first-order valence-corrected chi connectivity index (χ1v) is 35.7. The molecule has 2 N–H and O–H groups in total. The highest BCUT2D eigenvalue weighted by molar-refractivity contribution is 9.10. The van der Waals surface area contributed by atoms with Crippen LogP contribution in [0.5, 0.6) is 0 Å². The third-order valence-corrected chi connectivity index (χ3v) is 19.7. The lowest BCUT2D eigenvalue weighted by molar-refractivity contribution is 0.426. The molecule has 0 aliphatic heterocycles. The van der Waals surface area contributed by atoms with Gasteiger partial charge in [0.25, 0.3) is 0 Å². The number of rotatable bonds is 14. The minimum Gasteiger partial charge on any atom is -0.423 e. The molecule has 18 rings (SSSR count). The van der Waals surface area contributed by atoms with Crippen molar-refractivity contribution in [2.75, 3.05) is 9.80 Å². The van der Waals surface area contributed by atoms with Gasteiger partial charge in [0.05, 0.1) is 22.1 Å². The molecule has 0 radical (unpaired) electrons. The first kappa shape index (κ1) is 65.8. The molecule has 0 unspecified atom stereocenters.